The van der Waals surface area contributed by atoms with E-state index in [4.69, 9.17) is 4.18 Å². The van der Waals surface area contributed by atoms with Gasteiger partial charge in [-0.2, -0.15) is 4.21 Å². The minimum atomic E-state index is -1.79. The van der Waals surface area contributed by atoms with E-state index in [0.29, 0.717) is 18.5 Å². The van der Waals surface area contributed by atoms with E-state index in [1.807, 2.05) is 6.92 Å². The summed E-state index contributed by atoms with van der Waals surface area (Å²) >= 11 is -1.79. The van der Waals surface area contributed by atoms with Crippen LogP contribution in [0, 0.1) is 0 Å². The Morgan fingerprint density at radius 3 is 2.83 bits per heavy atom. The van der Waals surface area contributed by atoms with Crippen LogP contribution < -0.4 is 0 Å². The highest BCUT2D eigenvalue weighted by atomic mass is 32.2. The Morgan fingerprint density at radius 2 is 2.25 bits per heavy atom. The van der Waals surface area contributed by atoms with Crippen LogP contribution in [0.25, 0.3) is 0 Å². The third-order valence-electron chi connectivity index (χ3n) is 1.47. The first kappa shape index (κ1) is 9.25. The van der Waals surface area contributed by atoms with Gasteiger partial charge < -0.3 is 8.37 Å². The van der Waals surface area contributed by atoms with Crippen molar-refractivity contribution < 1.29 is 17.4 Å². The maximum atomic E-state index is 10.7. The van der Waals surface area contributed by atoms with Gasteiger partial charge in [0.25, 0.3) is 0 Å². The molecule has 1 heterocycles. The van der Waals surface area contributed by atoms with Crippen LogP contribution >= 0.6 is 0 Å². The summed E-state index contributed by atoms with van der Waals surface area (Å²) in [6.45, 7) is 2.02. The summed E-state index contributed by atoms with van der Waals surface area (Å²) < 4.78 is 20.0. The zero-order valence-corrected chi connectivity index (χ0v) is 7.56. The zero-order chi connectivity index (χ0) is 8.97. The maximum absolute atomic E-state index is 10.7. The minimum absolute atomic E-state index is 0.0711. The van der Waals surface area contributed by atoms with Gasteiger partial charge in [-0.25, -0.2) is 0 Å². The lowest BCUT2D eigenvalue weighted by Crippen LogP contribution is -1.88. The fourth-order valence-corrected chi connectivity index (χ4v) is 1.49. The van der Waals surface area contributed by atoms with E-state index in [1.54, 1.807) is 0 Å². The third kappa shape index (κ3) is 2.07. The van der Waals surface area contributed by atoms with E-state index in [9.17, 15) is 9.00 Å². The van der Waals surface area contributed by atoms with Crippen LogP contribution in [0.15, 0.2) is 11.5 Å². The van der Waals surface area contributed by atoms with Crippen molar-refractivity contribution in [2.45, 2.75) is 26.2 Å². The van der Waals surface area contributed by atoms with Crippen molar-refractivity contribution in [3.05, 3.63) is 11.5 Å². The molecule has 0 bridgehead atoms. The smallest absolute Gasteiger partial charge is 0.372 e. The van der Waals surface area contributed by atoms with Crippen LogP contribution in [-0.2, 0) is 24.5 Å². The highest BCUT2D eigenvalue weighted by molar-refractivity contribution is 7.75. The average Bonchev–Trinajstić information content (AvgIpc) is 2.42. The number of rotatable bonds is 4. The van der Waals surface area contributed by atoms with E-state index < -0.39 is 11.4 Å². The summed E-state index contributed by atoms with van der Waals surface area (Å²) in [7, 11) is 0. The van der Waals surface area contributed by atoms with Crippen molar-refractivity contribution in [3.8, 4) is 0 Å². The molecule has 0 radical (unpaired) electrons. The van der Waals surface area contributed by atoms with Crippen LogP contribution in [-0.4, -0.2) is 10.5 Å². The molecule has 0 saturated heterocycles. The van der Waals surface area contributed by atoms with Crippen LogP contribution in [0.4, 0.5) is 0 Å². The molecule has 1 rings (SSSR count). The van der Waals surface area contributed by atoms with Crippen LogP contribution in [0.5, 0.6) is 0 Å². The van der Waals surface area contributed by atoms with E-state index in [0.717, 1.165) is 12.8 Å². The van der Waals surface area contributed by atoms with Crippen molar-refractivity contribution in [1.82, 2.24) is 0 Å². The minimum Gasteiger partial charge on any atom is -0.372 e. The normalized spacial score (nSPS) is 21.9. The maximum Gasteiger partial charge on any atom is 0.417 e. The highest BCUT2D eigenvalue weighted by Gasteiger charge is 2.23. The molecule has 1 aliphatic rings. The predicted molar refractivity (Wildman–Crippen MR) is 42.9 cm³/mol. The summed E-state index contributed by atoms with van der Waals surface area (Å²) in [5.74, 6) is 0.479. The molecule has 1 aliphatic heterocycles. The molecule has 1 atom stereocenters. The molecule has 68 valence electrons. The zero-order valence-electron chi connectivity index (χ0n) is 6.74. The molecule has 0 aromatic heterocycles. The first-order chi connectivity index (χ1) is 5.77. The molecular weight excluding hydrogens is 180 g/mol. The van der Waals surface area contributed by atoms with Gasteiger partial charge in [0, 0.05) is 6.42 Å². The number of aldehydes is 1. The lowest BCUT2D eigenvalue weighted by Gasteiger charge is -1.95. The molecule has 0 spiro atoms. The van der Waals surface area contributed by atoms with E-state index in [-0.39, 0.29) is 5.76 Å². The number of carbonyl (C=O) groups excluding carboxylic acids is 1. The number of allylic oxidation sites excluding steroid dienone is 2. The lowest BCUT2D eigenvalue weighted by molar-refractivity contribution is -0.106. The average molecular weight is 190 g/mol. The van der Waals surface area contributed by atoms with Crippen LogP contribution in [0.2, 0.25) is 0 Å². The molecule has 0 N–H and O–H groups in total. The molecule has 0 amide bonds. The van der Waals surface area contributed by atoms with Gasteiger partial charge >= 0.3 is 11.4 Å². The molecule has 5 heteroatoms. The Labute approximate surface area is 73.4 Å². The summed E-state index contributed by atoms with van der Waals surface area (Å²) in [4.78, 5) is 10.3. The van der Waals surface area contributed by atoms with E-state index in [2.05, 4.69) is 4.18 Å². The van der Waals surface area contributed by atoms with Crippen molar-refractivity contribution in [1.29, 1.82) is 0 Å². The Hall–Kier alpha value is -0.840. The van der Waals surface area contributed by atoms with Crippen LogP contribution in [0.3, 0.4) is 0 Å². The number of carbonyl (C=O) groups is 1. The second-order valence-corrected chi connectivity index (χ2v) is 3.12. The Kier molecular flexibility index (Phi) is 3.28. The van der Waals surface area contributed by atoms with Crippen molar-refractivity contribution in [2.75, 3.05) is 0 Å². The quantitative estimate of drug-likeness (QED) is 0.625. The molecule has 0 aliphatic carbocycles. The summed E-state index contributed by atoms with van der Waals surface area (Å²) in [6, 6.07) is 0. The fourth-order valence-electron chi connectivity index (χ4n) is 0.848. The summed E-state index contributed by atoms with van der Waals surface area (Å²) in [6.07, 6.45) is 3.02. The van der Waals surface area contributed by atoms with Gasteiger partial charge in [-0.1, -0.05) is 13.3 Å². The molecule has 0 saturated carbocycles. The summed E-state index contributed by atoms with van der Waals surface area (Å²) in [5.41, 5.74) is 0. The predicted octanol–water partition coefficient (Wildman–Crippen LogP) is 1.21. The number of hydrogen-bond donors (Lipinski definition) is 0. The molecule has 4 nitrogen and oxygen atoms in total. The Bertz CT molecular complexity index is 234. The fraction of sp³-hybridized carbons (Fsp3) is 0.571. The van der Waals surface area contributed by atoms with Crippen LogP contribution in [0.1, 0.15) is 26.2 Å². The molecule has 0 aromatic rings. The molecule has 0 fully saturated rings. The van der Waals surface area contributed by atoms with Gasteiger partial charge in [0.1, 0.15) is 0 Å². The second-order valence-electron chi connectivity index (χ2n) is 2.38. The first-order valence-corrected chi connectivity index (χ1v) is 4.74. The Morgan fingerprint density at radius 1 is 1.50 bits per heavy atom. The Balaban J connectivity index is 2.58. The molecule has 12 heavy (non-hydrogen) atoms. The molecule has 1 unspecified atom stereocenters. The molecule has 0 aromatic carbocycles. The number of unbranched alkanes of at least 4 members (excludes halogenated alkanes) is 1. The number of hydrogen-bond acceptors (Lipinski definition) is 4. The third-order valence-corrected chi connectivity index (χ3v) is 2.12. The van der Waals surface area contributed by atoms with Gasteiger partial charge in [-0.3, -0.25) is 4.79 Å². The van der Waals surface area contributed by atoms with E-state index in [1.165, 1.54) is 0 Å². The van der Waals surface area contributed by atoms with Crippen molar-refractivity contribution >= 4 is 17.6 Å². The van der Waals surface area contributed by atoms with E-state index >= 15 is 0 Å². The van der Waals surface area contributed by atoms with Crippen molar-refractivity contribution in [3.63, 3.8) is 0 Å². The highest BCUT2D eigenvalue weighted by Crippen LogP contribution is 2.23. The second kappa shape index (κ2) is 4.25. The topological polar surface area (TPSA) is 52.6 Å². The van der Waals surface area contributed by atoms with Gasteiger partial charge in [-0.15, -0.1) is 0 Å². The first-order valence-electron chi connectivity index (χ1n) is 3.74. The lowest BCUT2D eigenvalue weighted by atomic mass is 10.2. The van der Waals surface area contributed by atoms with Gasteiger partial charge in [0.15, 0.2) is 12.0 Å². The largest absolute Gasteiger partial charge is 0.417 e. The van der Waals surface area contributed by atoms with Gasteiger partial charge in [-0.05, 0) is 6.42 Å². The SMILES string of the molecule is CCCCC1=C(C=O)OS(=O)O1. The van der Waals surface area contributed by atoms with Gasteiger partial charge in [0.05, 0.1) is 0 Å². The van der Waals surface area contributed by atoms with Crippen molar-refractivity contribution in [2.24, 2.45) is 0 Å². The summed E-state index contributed by atoms with van der Waals surface area (Å²) in [5, 5.41) is 0. The van der Waals surface area contributed by atoms with Gasteiger partial charge in [0.2, 0.25) is 5.76 Å². The molecular formula is C7H10O4S. The monoisotopic (exact) mass is 190 g/mol. The standard InChI is InChI=1S/C7H10O4S/c1-2-3-4-6-7(5-8)11-12(9)10-6/h5H,2-4H2,1H3.